The zero-order chi connectivity index (χ0) is 22.2. The monoisotopic (exact) mass is 489 g/mol. The van der Waals surface area contributed by atoms with Gasteiger partial charge in [0.25, 0.3) is 0 Å². The van der Waals surface area contributed by atoms with Crippen LogP contribution < -0.4 is 5.26 Å². The van der Waals surface area contributed by atoms with Crippen molar-refractivity contribution in [1.29, 1.82) is 0 Å². The van der Waals surface area contributed by atoms with Crippen molar-refractivity contribution in [2.75, 3.05) is 20.3 Å². The summed E-state index contributed by atoms with van der Waals surface area (Å²) in [5, 5.41) is 13.1. The van der Waals surface area contributed by atoms with Crippen LogP contribution in [0.2, 0.25) is 0 Å². The Labute approximate surface area is 203 Å². The van der Waals surface area contributed by atoms with Gasteiger partial charge in [0.05, 0.1) is 0 Å². The molecule has 0 unspecified atom stereocenters. The summed E-state index contributed by atoms with van der Waals surface area (Å²) in [6.07, 6.45) is 5.65. The van der Waals surface area contributed by atoms with Gasteiger partial charge in [0, 0.05) is 7.11 Å². The van der Waals surface area contributed by atoms with Crippen LogP contribution in [-0.2, 0) is 30.9 Å². The third-order valence-corrected chi connectivity index (χ3v) is 5.22. The molecular formula is C25H25N3NiO4. The van der Waals surface area contributed by atoms with Crippen molar-refractivity contribution in [3.8, 4) is 0 Å². The summed E-state index contributed by atoms with van der Waals surface area (Å²) in [5.41, 5.74) is 4.33. The fourth-order valence-electron chi connectivity index (χ4n) is 3.68. The molecule has 174 valence electrons. The Bertz CT molecular complexity index is 941. The van der Waals surface area contributed by atoms with Crippen LogP contribution in [0.1, 0.15) is 36.1 Å². The number of hydrogen-bond donors (Lipinski definition) is 0. The van der Waals surface area contributed by atoms with E-state index < -0.39 is 0 Å². The third kappa shape index (κ3) is 6.78. The maximum Gasteiger partial charge on any atom is 2.00 e. The van der Waals surface area contributed by atoms with E-state index in [9.17, 15) is 0 Å². The third-order valence-electron chi connectivity index (χ3n) is 5.22. The Balaban J connectivity index is 0.000000728. The average molecular weight is 490 g/mol. The molecule has 1 fully saturated rings. The van der Waals surface area contributed by atoms with Gasteiger partial charge in [-0.3, -0.25) is 0 Å². The van der Waals surface area contributed by atoms with Gasteiger partial charge in [0.2, 0.25) is 11.8 Å². The Morgan fingerprint density at radius 3 is 1.61 bits per heavy atom. The molecule has 3 heterocycles. The summed E-state index contributed by atoms with van der Waals surface area (Å²) < 4.78 is 11.5. The molecule has 0 N–H and O–H groups in total. The largest absolute Gasteiger partial charge is 2.00 e. The van der Waals surface area contributed by atoms with Crippen molar-refractivity contribution < 1.29 is 36.1 Å². The molecule has 7 nitrogen and oxygen atoms in total. The maximum absolute atomic E-state index is 8.43. The molecule has 0 amide bonds. The summed E-state index contributed by atoms with van der Waals surface area (Å²) >= 11 is 0. The van der Waals surface area contributed by atoms with Gasteiger partial charge in [0.1, 0.15) is 25.3 Å². The van der Waals surface area contributed by atoms with Gasteiger partial charge in [-0.15, -0.1) is 0 Å². The predicted molar refractivity (Wildman–Crippen MR) is 121 cm³/mol. The van der Waals surface area contributed by atoms with Crippen LogP contribution in [0.15, 0.2) is 94.2 Å². The predicted octanol–water partition coefficient (Wildman–Crippen LogP) is 4.17. The van der Waals surface area contributed by atoms with Crippen molar-refractivity contribution >= 4 is 11.8 Å². The molecule has 33 heavy (non-hydrogen) atoms. The van der Waals surface area contributed by atoms with Gasteiger partial charge < -0.3 is 24.9 Å². The summed E-state index contributed by atoms with van der Waals surface area (Å²) in [7, 11) is 1.07. The van der Waals surface area contributed by atoms with Crippen molar-refractivity contribution in [3.63, 3.8) is 0 Å². The number of benzene rings is 2. The van der Waals surface area contributed by atoms with E-state index in [-0.39, 0.29) is 28.6 Å². The van der Waals surface area contributed by atoms with Crippen LogP contribution in [0.3, 0.4) is 0 Å². The number of aliphatic imine (C=N–C) groups is 2. The second-order valence-corrected chi connectivity index (χ2v) is 7.46. The Morgan fingerprint density at radius 1 is 0.818 bits per heavy atom. The topological polar surface area (TPSA) is 89.6 Å². The molecule has 0 aliphatic carbocycles. The molecule has 2 atom stereocenters. The number of allylic oxidation sites excluding steroid dienone is 2. The minimum atomic E-state index is 0. The molecule has 0 saturated carbocycles. The first-order chi connectivity index (χ1) is 15.7. The second kappa shape index (κ2) is 12.4. The molecule has 0 aromatic heterocycles. The van der Waals surface area contributed by atoms with E-state index in [1.165, 1.54) is 11.1 Å². The minimum Gasteiger partial charge on any atom is -0.724 e. The first kappa shape index (κ1) is 24.7. The van der Waals surface area contributed by atoms with Crippen molar-refractivity contribution in [3.05, 3.63) is 101 Å². The summed E-state index contributed by atoms with van der Waals surface area (Å²) in [4.78, 5) is 12.4. The number of ether oxygens (including phenoxy) is 2. The van der Waals surface area contributed by atoms with Crippen molar-refractivity contribution in [1.82, 2.24) is 0 Å². The van der Waals surface area contributed by atoms with Crippen LogP contribution in [0, 0.1) is 0 Å². The van der Waals surface area contributed by atoms with E-state index in [4.69, 9.17) is 20.0 Å². The van der Waals surface area contributed by atoms with Crippen LogP contribution in [0.4, 0.5) is 0 Å². The normalized spacial score (nSPS) is 23.5. The molecule has 0 radical (unpaired) electrons. The van der Waals surface area contributed by atoms with E-state index in [2.05, 4.69) is 39.1 Å². The van der Waals surface area contributed by atoms with Gasteiger partial charge in [-0.25, -0.2) is 9.98 Å². The van der Waals surface area contributed by atoms with Crippen LogP contribution in [0.5, 0.6) is 0 Å². The standard InChI is InChI=1S/C24H22N3O2.CH4O2.Ni/c1-3-7-17(8-4-1)21-15-28-23(26-21)13-19-11-12-20(25-19)14-24-27-22(16-29-24)18-9-5-2-6-10-18;1-3-2;/h1-10,13-14,21-22H,11-12,15-16H2;2H,1H3;/q-1;;+2/p-1/b19-13-,20-14-;;/t21-,22-;;/m0../s1. The minimum absolute atomic E-state index is 0. The van der Waals surface area contributed by atoms with Gasteiger partial charge in [0.15, 0.2) is 0 Å². The van der Waals surface area contributed by atoms with E-state index in [0.717, 1.165) is 31.3 Å². The molecule has 8 heteroatoms. The molecule has 3 aliphatic rings. The van der Waals surface area contributed by atoms with E-state index >= 15 is 0 Å². The second-order valence-electron chi connectivity index (χ2n) is 7.46. The molecule has 0 bridgehead atoms. The van der Waals surface area contributed by atoms with Crippen LogP contribution in [-0.4, -0.2) is 32.1 Å². The molecular weight excluding hydrogens is 465 g/mol. The zero-order valence-corrected chi connectivity index (χ0v) is 19.2. The van der Waals surface area contributed by atoms with Crippen molar-refractivity contribution in [2.24, 2.45) is 9.98 Å². The number of nitrogens with zero attached hydrogens (tertiary/aromatic N) is 3. The van der Waals surface area contributed by atoms with E-state index in [1.54, 1.807) is 0 Å². The fraction of sp³-hybridized carbons (Fsp3) is 0.280. The fourth-order valence-corrected chi connectivity index (χ4v) is 3.68. The molecule has 3 aliphatic heterocycles. The van der Waals surface area contributed by atoms with E-state index in [1.807, 2.05) is 48.6 Å². The maximum atomic E-state index is 8.43. The zero-order valence-electron chi connectivity index (χ0n) is 18.2. The quantitative estimate of drug-likeness (QED) is 0.366. The molecule has 0 spiro atoms. The SMILES string of the molecule is C(/C1=N[C@H](c2ccccc2)CO1)=C1\CC/C(=C/C2=N[C@H](c3ccccc3)CO2)[N-]1.CO[O-].[Ni+2]. The summed E-state index contributed by atoms with van der Waals surface area (Å²) in [5.74, 6) is 1.33. The molecule has 2 aromatic carbocycles. The molecule has 5 rings (SSSR count). The summed E-state index contributed by atoms with van der Waals surface area (Å²) in [6, 6.07) is 20.6. The van der Waals surface area contributed by atoms with Crippen LogP contribution >= 0.6 is 0 Å². The average Bonchev–Trinajstić information content (AvgIpc) is 3.58. The number of rotatable bonds is 4. The Morgan fingerprint density at radius 2 is 1.21 bits per heavy atom. The van der Waals surface area contributed by atoms with Gasteiger partial charge in [-0.1, -0.05) is 60.7 Å². The smallest absolute Gasteiger partial charge is 0.724 e. The Hall–Kier alpha value is -2.93. The van der Waals surface area contributed by atoms with Gasteiger partial charge in [-0.05, 0) is 36.1 Å². The van der Waals surface area contributed by atoms with Crippen molar-refractivity contribution in [2.45, 2.75) is 24.9 Å². The first-order valence-electron chi connectivity index (χ1n) is 10.5. The molecule has 2 aromatic rings. The Kier molecular flexibility index (Phi) is 9.25. The molecule has 1 saturated heterocycles. The van der Waals surface area contributed by atoms with E-state index in [0.29, 0.717) is 25.0 Å². The van der Waals surface area contributed by atoms with Gasteiger partial charge >= 0.3 is 16.5 Å². The first-order valence-corrected chi connectivity index (χ1v) is 10.5. The number of hydrogen-bond acceptors (Lipinski definition) is 6. The van der Waals surface area contributed by atoms with Crippen LogP contribution in [0.25, 0.3) is 5.32 Å². The summed E-state index contributed by atoms with van der Waals surface area (Å²) in [6.45, 7) is 1.16. The van der Waals surface area contributed by atoms with Gasteiger partial charge in [-0.2, -0.15) is 11.4 Å².